The molecule has 2 N–H and O–H groups in total. The summed E-state index contributed by atoms with van der Waals surface area (Å²) in [6, 6.07) is 3.67. The van der Waals surface area contributed by atoms with Gasteiger partial charge in [0, 0.05) is 37.5 Å². The Morgan fingerprint density at radius 3 is 2.95 bits per heavy atom. The zero-order valence-electron chi connectivity index (χ0n) is 10.9. The Hall–Kier alpha value is -2.35. The van der Waals surface area contributed by atoms with Gasteiger partial charge in [0.05, 0.1) is 12.0 Å². The first-order valence-corrected chi connectivity index (χ1v) is 6.07. The lowest BCUT2D eigenvalue weighted by atomic mass is 10.1. The molecular formula is C12H15N3O5. The van der Waals surface area contributed by atoms with E-state index < -0.39 is 16.9 Å². The molecule has 1 heterocycles. The van der Waals surface area contributed by atoms with Crippen LogP contribution in [0.5, 0.6) is 5.75 Å². The minimum atomic E-state index is -0.936. The molecule has 1 saturated heterocycles. The summed E-state index contributed by atoms with van der Waals surface area (Å²) in [6.45, 7) is 1.50. The average molecular weight is 281 g/mol. The highest BCUT2D eigenvalue weighted by molar-refractivity contribution is 5.79. The van der Waals surface area contributed by atoms with E-state index >= 15 is 0 Å². The van der Waals surface area contributed by atoms with Gasteiger partial charge >= 0.3 is 11.7 Å². The number of nitro groups is 1. The number of carbonyl (C=O) groups is 1. The van der Waals surface area contributed by atoms with Crippen molar-refractivity contribution in [1.29, 1.82) is 0 Å². The Morgan fingerprint density at radius 2 is 2.35 bits per heavy atom. The van der Waals surface area contributed by atoms with Gasteiger partial charge in [0.25, 0.3) is 0 Å². The molecule has 1 unspecified atom stereocenters. The Kier molecular flexibility index (Phi) is 4.04. The Labute approximate surface area is 115 Å². The van der Waals surface area contributed by atoms with Gasteiger partial charge in [-0.15, -0.1) is 0 Å². The smallest absolute Gasteiger partial charge is 0.327 e. The number of rotatable bonds is 4. The molecule has 1 aliphatic heterocycles. The van der Waals surface area contributed by atoms with Crippen LogP contribution in [0.25, 0.3) is 0 Å². The van der Waals surface area contributed by atoms with E-state index in [1.54, 1.807) is 11.0 Å². The molecule has 0 spiro atoms. The molecular weight excluding hydrogens is 266 g/mol. The normalized spacial score (nSPS) is 18.6. The molecule has 1 aliphatic rings. The first-order chi connectivity index (χ1) is 9.54. The van der Waals surface area contributed by atoms with E-state index in [2.05, 4.69) is 5.32 Å². The van der Waals surface area contributed by atoms with Crippen molar-refractivity contribution in [2.75, 3.05) is 31.6 Å². The minimum Gasteiger partial charge on any atom is -0.490 e. The highest BCUT2D eigenvalue weighted by Gasteiger charge is 2.29. The zero-order chi connectivity index (χ0) is 14.7. The van der Waals surface area contributed by atoms with Crippen LogP contribution in [0.1, 0.15) is 0 Å². The molecule has 0 bridgehead atoms. The van der Waals surface area contributed by atoms with Gasteiger partial charge in [-0.25, -0.2) is 4.79 Å². The maximum atomic E-state index is 11.2. The van der Waals surface area contributed by atoms with Crippen LogP contribution in [0, 0.1) is 10.1 Å². The van der Waals surface area contributed by atoms with Crippen LogP contribution in [-0.2, 0) is 4.79 Å². The highest BCUT2D eigenvalue weighted by atomic mass is 16.6. The Balaban J connectivity index is 2.36. The van der Waals surface area contributed by atoms with Gasteiger partial charge in [0.15, 0.2) is 5.75 Å². The maximum absolute atomic E-state index is 11.2. The number of nitrogens with zero attached hydrogens (tertiary/aromatic N) is 2. The van der Waals surface area contributed by atoms with Gasteiger partial charge < -0.3 is 20.1 Å². The fourth-order valence-corrected chi connectivity index (χ4v) is 2.23. The predicted octanol–water partition coefficient (Wildman–Crippen LogP) is 0.466. The third kappa shape index (κ3) is 2.64. The summed E-state index contributed by atoms with van der Waals surface area (Å²) < 4.78 is 5.00. The maximum Gasteiger partial charge on any atom is 0.327 e. The van der Waals surface area contributed by atoms with Crippen LogP contribution in [-0.4, -0.2) is 48.8 Å². The third-order valence-corrected chi connectivity index (χ3v) is 3.22. The van der Waals surface area contributed by atoms with Gasteiger partial charge in [-0.05, 0) is 6.07 Å². The number of carboxylic acids is 1. The number of hydrogen-bond donors (Lipinski definition) is 2. The van der Waals surface area contributed by atoms with Crippen molar-refractivity contribution >= 4 is 17.3 Å². The number of aliphatic carboxylic acids is 1. The number of anilines is 1. The second-order valence-corrected chi connectivity index (χ2v) is 4.36. The van der Waals surface area contributed by atoms with Crippen molar-refractivity contribution in [1.82, 2.24) is 5.32 Å². The SMILES string of the molecule is COc1cc(N2CCNCC2C(=O)O)ccc1[N+](=O)[O-]. The number of nitro benzene ring substituents is 1. The average Bonchev–Trinajstić information content (AvgIpc) is 2.46. The van der Waals surface area contributed by atoms with Crippen LogP contribution in [0.15, 0.2) is 18.2 Å². The molecule has 8 heteroatoms. The molecule has 1 fully saturated rings. The van der Waals surface area contributed by atoms with E-state index in [1.165, 1.54) is 19.2 Å². The molecule has 0 amide bonds. The van der Waals surface area contributed by atoms with Crippen molar-refractivity contribution in [2.24, 2.45) is 0 Å². The Morgan fingerprint density at radius 1 is 1.60 bits per heavy atom. The van der Waals surface area contributed by atoms with Crippen molar-refractivity contribution in [2.45, 2.75) is 6.04 Å². The topological polar surface area (TPSA) is 105 Å². The van der Waals surface area contributed by atoms with Crippen molar-refractivity contribution < 1.29 is 19.6 Å². The minimum absolute atomic E-state index is 0.121. The fraction of sp³-hybridized carbons (Fsp3) is 0.417. The zero-order valence-corrected chi connectivity index (χ0v) is 10.9. The van der Waals surface area contributed by atoms with Crippen LogP contribution in [0.4, 0.5) is 11.4 Å². The third-order valence-electron chi connectivity index (χ3n) is 3.22. The molecule has 20 heavy (non-hydrogen) atoms. The molecule has 108 valence electrons. The van der Waals surface area contributed by atoms with E-state index in [0.29, 0.717) is 25.3 Å². The first-order valence-electron chi connectivity index (χ1n) is 6.07. The van der Waals surface area contributed by atoms with E-state index in [1.807, 2.05) is 0 Å². The van der Waals surface area contributed by atoms with Crippen LogP contribution in [0.3, 0.4) is 0 Å². The molecule has 0 saturated carbocycles. The standard InChI is InChI=1S/C12H15N3O5/c1-20-11-6-8(2-3-9(11)15(18)19)14-5-4-13-7-10(14)12(16)17/h2-3,6,10,13H,4-5,7H2,1H3,(H,16,17). The summed E-state index contributed by atoms with van der Waals surface area (Å²) in [5.74, 6) is -0.815. The van der Waals surface area contributed by atoms with E-state index in [0.717, 1.165) is 0 Å². The summed E-state index contributed by atoms with van der Waals surface area (Å²) in [5, 5.41) is 23.1. The van der Waals surface area contributed by atoms with E-state index in [9.17, 15) is 20.0 Å². The highest BCUT2D eigenvalue weighted by Crippen LogP contribution is 2.32. The number of hydrogen-bond acceptors (Lipinski definition) is 6. The van der Waals surface area contributed by atoms with Gasteiger partial charge in [0.2, 0.25) is 0 Å². The first kappa shape index (κ1) is 14.1. The summed E-state index contributed by atoms with van der Waals surface area (Å²) >= 11 is 0. The second kappa shape index (κ2) is 5.74. The molecule has 0 aromatic heterocycles. The van der Waals surface area contributed by atoms with Crippen molar-refractivity contribution in [3.63, 3.8) is 0 Å². The second-order valence-electron chi connectivity index (χ2n) is 4.36. The molecule has 1 aromatic carbocycles. The van der Waals surface area contributed by atoms with Crippen molar-refractivity contribution in [3.8, 4) is 5.75 Å². The van der Waals surface area contributed by atoms with Gasteiger partial charge in [-0.3, -0.25) is 10.1 Å². The molecule has 8 nitrogen and oxygen atoms in total. The quantitative estimate of drug-likeness (QED) is 0.610. The lowest BCUT2D eigenvalue weighted by Crippen LogP contribution is -2.55. The van der Waals surface area contributed by atoms with Gasteiger partial charge in [-0.2, -0.15) is 0 Å². The summed E-state index contributed by atoms with van der Waals surface area (Å²) in [5.41, 5.74) is 0.458. The van der Waals surface area contributed by atoms with Crippen molar-refractivity contribution in [3.05, 3.63) is 28.3 Å². The van der Waals surface area contributed by atoms with Crippen LogP contribution >= 0.6 is 0 Å². The number of benzene rings is 1. The predicted molar refractivity (Wildman–Crippen MR) is 71.3 cm³/mol. The number of methoxy groups -OCH3 is 1. The van der Waals surface area contributed by atoms with E-state index in [-0.39, 0.29) is 11.4 Å². The largest absolute Gasteiger partial charge is 0.490 e. The molecule has 1 aromatic rings. The lowest BCUT2D eigenvalue weighted by molar-refractivity contribution is -0.385. The van der Waals surface area contributed by atoms with E-state index in [4.69, 9.17) is 4.74 Å². The molecule has 0 aliphatic carbocycles. The number of nitrogens with one attached hydrogen (secondary N) is 1. The summed E-state index contributed by atoms with van der Waals surface area (Å²) in [6.07, 6.45) is 0. The Bertz CT molecular complexity index is 534. The fourth-order valence-electron chi connectivity index (χ4n) is 2.23. The summed E-state index contributed by atoms with van der Waals surface area (Å²) in [4.78, 5) is 23.3. The number of ether oxygens (including phenoxy) is 1. The van der Waals surface area contributed by atoms with Gasteiger partial charge in [-0.1, -0.05) is 0 Å². The monoisotopic (exact) mass is 281 g/mol. The summed E-state index contributed by atoms with van der Waals surface area (Å²) in [7, 11) is 1.35. The molecule has 1 atom stereocenters. The van der Waals surface area contributed by atoms with Crippen LogP contribution in [0.2, 0.25) is 0 Å². The number of piperazine rings is 1. The molecule has 2 rings (SSSR count). The van der Waals surface area contributed by atoms with Gasteiger partial charge in [0.1, 0.15) is 6.04 Å². The lowest BCUT2D eigenvalue weighted by Gasteiger charge is -2.35. The molecule has 0 radical (unpaired) electrons. The van der Waals surface area contributed by atoms with Crippen LogP contribution < -0.4 is 15.0 Å². The number of carboxylic acid groups (broad SMARTS) is 1.